The maximum atomic E-state index is 12.3. The molecule has 21 heavy (non-hydrogen) atoms. The van der Waals surface area contributed by atoms with Crippen LogP contribution in [0.25, 0.3) is 0 Å². The summed E-state index contributed by atoms with van der Waals surface area (Å²) in [5.74, 6) is 0.159. The second kappa shape index (κ2) is 6.37. The average Bonchev–Trinajstić information content (AvgIpc) is 2.48. The molecule has 1 fully saturated rings. The number of benzene rings is 1. The lowest BCUT2D eigenvalue weighted by Crippen LogP contribution is -2.44. The van der Waals surface area contributed by atoms with Gasteiger partial charge in [0.15, 0.2) is 0 Å². The molecule has 1 aliphatic heterocycles. The highest BCUT2D eigenvalue weighted by Crippen LogP contribution is 2.28. The molecule has 0 bridgehead atoms. The van der Waals surface area contributed by atoms with Crippen LogP contribution < -0.4 is 16.0 Å². The van der Waals surface area contributed by atoms with Gasteiger partial charge in [0.1, 0.15) is 0 Å². The van der Waals surface area contributed by atoms with E-state index < -0.39 is 0 Å². The van der Waals surface area contributed by atoms with Gasteiger partial charge < -0.3 is 16.0 Å². The third-order valence-electron chi connectivity index (χ3n) is 4.62. The molecule has 1 aliphatic carbocycles. The van der Waals surface area contributed by atoms with E-state index in [-0.39, 0.29) is 5.91 Å². The van der Waals surface area contributed by atoms with Gasteiger partial charge in [0.2, 0.25) is 5.91 Å². The van der Waals surface area contributed by atoms with E-state index in [4.69, 9.17) is 5.73 Å². The van der Waals surface area contributed by atoms with Crippen molar-refractivity contribution in [1.29, 1.82) is 0 Å². The van der Waals surface area contributed by atoms with Crippen LogP contribution in [0.1, 0.15) is 44.1 Å². The Hall–Kier alpha value is -1.71. The standard InChI is InChI=1S/C17H25N3O/c18-14-8-9-16-13(11-14)5-4-10-20(16)12-17(21)19-15-6-2-1-3-7-15/h8-9,11,15H,1-7,10,12,18H2,(H,19,21). The summed E-state index contributed by atoms with van der Waals surface area (Å²) < 4.78 is 0. The van der Waals surface area contributed by atoms with Gasteiger partial charge in [-0.2, -0.15) is 0 Å². The van der Waals surface area contributed by atoms with E-state index in [0.29, 0.717) is 12.6 Å². The van der Waals surface area contributed by atoms with E-state index >= 15 is 0 Å². The third kappa shape index (κ3) is 3.49. The molecule has 0 spiro atoms. The number of hydrogen-bond acceptors (Lipinski definition) is 3. The molecule has 0 radical (unpaired) electrons. The maximum absolute atomic E-state index is 12.3. The van der Waals surface area contributed by atoms with Crippen LogP contribution in [-0.4, -0.2) is 25.0 Å². The van der Waals surface area contributed by atoms with E-state index in [1.165, 1.54) is 30.5 Å². The molecule has 1 amide bonds. The molecular formula is C17H25N3O. The van der Waals surface area contributed by atoms with Crippen molar-refractivity contribution in [3.05, 3.63) is 23.8 Å². The monoisotopic (exact) mass is 287 g/mol. The summed E-state index contributed by atoms with van der Waals surface area (Å²) in [7, 11) is 0. The predicted octanol–water partition coefficient (Wildman–Crippen LogP) is 2.47. The van der Waals surface area contributed by atoms with Gasteiger partial charge in [0.05, 0.1) is 6.54 Å². The van der Waals surface area contributed by atoms with Crippen molar-refractivity contribution in [2.75, 3.05) is 23.7 Å². The minimum Gasteiger partial charge on any atom is -0.399 e. The number of carbonyl (C=O) groups excluding carboxylic acids is 1. The number of nitrogens with one attached hydrogen (secondary N) is 1. The number of rotatable bonds is 3. The lowest BCUT2D eigenvalue weighted by atomic mass is 9.95. The summed E-state index contributed by atoms with van der Waals surface area (Å²) >= 11 is 0. The molecule has 3 N–H and O–H groups in total. The summed E-state index contributed by atoms with van der Waals surface area (Å²) in [6, 6.07) is 6.41. The molecule has 4 heteroatoms. The molecule has 1 aromatic carbocycles. The predicted molar refractivity (Wildman–Crippen MR) is 86.4 cm³/mol. The lowest BCUT2D eigenvalue weighted by molar-refractivity contribution is -0.120. The molecule has 4 nitrogen and oxygen atoms in total. The first-order chi connectivity index (χ1) is 10.2. The molecule has 0 atom stereocenters. The first kappa shape index (κ1) is 14.2. The van der Waals surface area contributed by atoms with E-state index in [9.17, 15) is 4.79 Å². The Morgan fingerprint density at radius 3 is 2.86 bits per heavy atom. The highest BCUT2D eigenvalue weighted by molar-refractivity contribution is 5.82. The van der Waals surface area contributed by atoms with Crippen LogP contribution in [0.15, 0.2) is 18.2 Å². The van der Waals surface area contributed by atoms with Crippen molar-refractivity contribution >= 4 is 17.3 Å². The topological polar surface area (TPSA) is 58.4 Å². The van der Waals surface area contributed by atoms with Crippen molar-refractivity contribution in [2.24, 2.45) is 0 Å². The minimum absolute atomic E-state index is 0.159. The van der Waals surface area contributed by atoms with Gasteiger partial charge in [-0.15, -0.1) is 0 Å². The summed E-state index contributed by atoms with van der Waals surface area (Å²) in [6.45, 7) is 1.42. The summed E-state index contributed by atoms with van der Waals surface area (Å²) in [5, 5.41) is 3.20. The van der Waals surface area contributed by atoms with Gasteiger partial charge in [-0.25, -0.2) is 0 Å². The van der Waals surface area contributed by atoms with Gasteiger partial charge in [0, 0.05) is 24.0 Å². The molecule has 1 saturated carbocycles. The zero-order chi connectivity index (χ0) is 14.7. The van der Waals surface area contributed by atoms with E-state index in [2.05, 4.69) is 16.3 Å². The number of hydrogen-bond donors (Lipinski definition) is 2. The van der Waals surface area contributed by atoms with Crippen molar-refractivity contribution in [1.82, 2.24) is 5.32 Å². The number of anilines is 2. The fraction of sp³-hybridized carbons (Fsp3) is 0.588. The van der Waals surface area contributed by atoms with Crippen LogP contribution in [0.5, 0.6) is 0 Å². The first-order valence-corrected chi connectivity index (χ1v) is 8.15. The zero-order valence-corrected chi connectivity index (χ0v) is 12.6. The van der Waals surface area contributed by atoms with Crippen LogP contribution in [-0.2, 0) is 11.2 Å². The highest BCUT2D eigenvalue weighted by Gasteiger charge is 2.21. The van der Waals surface area contributed by atoms with Gasteiger partial charge in [-0.05, 0) is 49.4 Å². The number of amides is 1. The van der Waals surface area contributed by atoms with Crippen LogP contribution >= 0.6 is 0 Å². The third-order valence-corrected chi connectivity index (χ3v) is 4.62. The number of nitrogens with zero attached hydrogens (tertiary/aromatic N) is 1. The number of fused-ring (bicyclic) bond motifs is 1. The van der Waals surface area contributed by atoms with Crippen molar-refractivity contribution < 1.29 is 4.79 Å². The van der Waals surface area contributed by atoms with Crippen LogP contribution in [0.2, 0.25) is 0 Å². The summed E-state index contributed by atoms with van der Waals surface area (Å²) in [5.41, 5.74) is 9.11. The number of nitrogens with two attached hydrogens (primary N) is 1. The summed E-state index contributed by atoms with van der Waals surface area (Å²) in [6.07, 6.45) is 8.23. The molecular weight excluding hydrogens is 262 g/mol. The van der Waals surface area contributed by atoms with E-state index in [0.717, 1.165) is 37.9 Å². The first-order valence-electron chi connectivity index (χ1n) is 8.15. The second-order valence-electron chi connectivity index (χ2n) is 6.32. The van der Waals surface area contributed by atoms with Gasteiger partial charge in [0.25, 0.3) is 0 Å². The molecule has 1 heterocycles. The second-order valence-corrected chi connectivity index (χ2v) is 6.32. The normalized spacial score (nSPS) is 19.1. The minimum atomic E-state index is 0.159. The zero-order valence-electron chi connectivity index (χ0n) is 12.6. The molecule has 1 aromatic rings. The summed E-state index contributed by atoms with van der Waals surface area (Å²) in [4.78, 5) is 14.5. The Labute approximate surface area is 126 Å². The maximum Gasteiger partial charge on any atom is 0.239 e. The average molecular weight is 287 g/mol. The Balaban J connectivity index is 1.61. The number of nitrogen functional groups attached to an aromatic ring is 1. The molecule has 3 rings (SSSR count). The van der Waals surface area contributed by atoms with Crippen LogP contribution in [0.4, 0.5) is 11.4 Å². The molecule has 0 aromatic heterocycles. The van der Waals surface area contributed by atoms with Crippen LogP contribution in [0, 0.1) is 0 Å². The van der Waals surface area contributed by atoms with Crippen LogP contribution in [0.3, 0.4) is 0 Å². The smallest absolute Gasteiger partial charge is 0.239 e. The molecule has 0 unspecified atom stereocenters. The molecule has 2 aliphatic rings. The quantitative estimate of drug-likeness (QED) is 0.840. The largest absolute Gasteiger partial charge is 0.399 e. The Morgan fingerprint density at radius 1 is 1.24 bits per heavy atom. The molecule has 114 valence electrons. The van der Waals surface area contributed by atoms with Crippen molar-refractivity contribution in [2.45, 2.75) is 51.0 Å². The Kier molecular flexibility index (Phi) is 4.32. The molecule has 0 saturated heterocycles. The van der Waals surface area contributed by atoms with Gasteiger partial charge >= 0.3 is 0 Å². The van der Waals surface area contributed by atoms with E-state index in [1.807, 2.05) is 12.1 Å². The fourth-order valence-corrected chi connectivity index (χ4v) is 3.55. The lowest BCUT2D eigenvalue weighted by Gasteiger charge is -2.32. The number of carbonyl (C=O) groups is 1. The van der Waals surface area contributed by atoms with Gasteiger partial charge in [-0.1, -0.05) is 19.3 Å². The Bertz CT molecular complexity index is 509. The van der Waals surface area contributed by atoms with Crippen molar-refractivity contribution in [3.63, 3.8) is 0 Å². The Morgan fingerprint density at radius 2 is 2.05 bits per heavy atom. The van der Waals surface area contributed by atoms with E-state index in [1.54, 1.807) is 0 Å². The van der Waals surface area contributed by atoms with Crippen molar-refractivity contribution in [3.8, 4) is 0 Å². The number of aryl methyl sites for hydroxylation is 1. The van der Waals surface area contributed by atoms with Gasteiger partial charge in [-0.3, -0.25) is 4.79 Å². The fourth-order valence-electron chi connectivity index (χ4n) is 3.55. The SMILES string of the molecule is Nc1ccc2c(c1)CCCN2CC(=O)NC1CCCCC1. The highest BCUT2D eigenvalue weighted by atomic mass is 16.2.